The Labute approximate surface area is 125 Å². The first-order valence-electron chi connectivity index (χ1n) is 6.97. The SMILES string of the molecule is CC(C)NC(=O)/C=C/c1ccc(N2CCCS2(=O)=O)cc1. The maximum atomic E-state index is 11.8. The van der Waals surface area contributed by atoms with E-state index in [0.29, 0.717) is 18.7 Å². The number of sulfonamides is 1. The lowest BCUT2D eigenvalue weighted by Crippen LogP contribution is -2.28. The van der Waals surface area contributed by atoms with Crippen molar-refractivity contribution in [2.24, 2.45) is 0 Å². The Morgan fingerprint density at radius 1 is 1.29 bits per heavy atom. The van der Waals surface area contributed by atoms with Gasteiger partial charge in [0.2, 0.25) is 15.9 Å². The van der Waals surface area contributed by atoms with Crippen LogP contribution in [-0.4, -0.2) is 32.7 Å². The van der Waals surface area contributed by atoms with Gasteiger partial charge in [-0.3, -0.25) is 9.10 Å². The van der Waals surface area contributed by atoms with Gasteiger partial charge in [0, 0.05) is 18.7 Å². The van der Waals surface area contributed by atoms with Crippen molar-refractivity contribution in [2.75, 3.05) is 16.6 Å². The summed E-state index contributed by atoms with van der Waals surface area (Å²) in [6, 6.07) is 7.25. The van der Waals surface area contributed by atoms with Crippen LogP contribution in [0.2, 0.25) is 0 Å². The number of rotatable bonds is 4. The number of hydrogen-bond donors (Lipinski definition) is 1. The van der Waals surface area contributed by atoms with Crippen LogP contribution in [0.4, 0.5) is 5.69 Å². The maximum Gasteiger partial charge on any atom is 0.244 e. The fourth-order valence-electron chi connectivity index (χ4n) is 2.19. The summed E-state index contributed by atoms with van der Waals surface area (Å²) < 4.78 is 25.1. The molecule has 1 fully saturated rings. The van der Waals surface area contributed by atoms with E-state index in [0.717, 1.165) is 5.56 Å². The lowest BCUT2D eigenvalue weighted by atomic mass is 10.2. The lowest BCUT2D eigenvalue weighted by Gasteiger charge is -2.16. The molecule has 1 aromatic rings. The average molecular weight is 308 g/mol. The van der Waals surface area contributed by atoms with Gasteiger partial charge in [-0.1, -0.05) is 12.1 Å². The number of nitrogens with one attached hydrogen (secondary N) is 1. The van der Waals surface area contributed by atoms with Gasteiger partial charge in [0.25, 0.3) is 0 Å². The Morgan fingerprint density at radius 3 is 2.48 bits per heavy atom. The molecule has 0 saturated carbocycles. The van der Waals surface area contributed by atoms with Gasteiger partial charge in [0.05, 0.1) is 11.4 Å². The van der Waals surface area contributed by atoms with Crippen LogP contribution in [0.3, 0.4) is 0 Å². The van der Waals surface area contributed by atoms with Crippen molar-refractivity contribution in [3.05, 3.63) is 35.9 Å². The molecule has 1 saturated heterocycles. The van der Waals surface area contributed by atoms with Crippen LogP contribution in [0.1, 0.15) is 25.8 Å². The molecule has 0 bridgehead atoms. The van der Waals surface area contributed by atoms with Crippen LogP contribution in [-0.2, 0) is 14.8 Å². The van der Waals surface area contributed by atoms with Crippen LogP contribution in [0.5, 0.6) is 0 Å². The number of anilines is 1. The molecule has 1 N–H and O–H groups in total. The molecule has 1 amide bonds. The summed E-state index contributed by atoms with van der Waals surface area (Å²) in [7, 11) is -3.14. The Bertz CT molecular complexity index is 633. The van der Waals surface area contributed by atoms with E-state index in [1.54, 1.807) is 18.2 Å². The van der Waals surface area contributed by atoms with Crippen LogP contribution >= 0.6 is 0 Å². The number of hydrogen-bond acceptors (Lipinski definition) is 3. The molecule has 0 radical (unpaired) electrons. The van der Waals surface area contributed by atoms with Gasteiger partial charge in [0.1, 0.15) is 0 Å². The van der Waals surface area contributed by atoms with Crippen LogP contribution in [0.25, 0.3) is 6.08 Å². The number of nitrogens with zero attached hydrogens (tertiary/aromatic N) is 1. The van der Waals surface area contributed by atoms with Crippen LogP contribution in [0, 0.1) is 0 Å². The molecule has 114 valence electrons. The van der Waals surface area contributed by atoms with E-state index in [1.807, 2.05) is 26.0 Å². The highest BCUT2D eigenvalue weighted by molar-refractivity contribution is 7.93. The predicted octanol–water partition coefficient (Wildman–Crippen LogP) is 1.76. The first-order valence-corrected chi connectivity index (χ1v) is 8.58. The fraction of sp³-hybridized carbons (Fsp3) is 0.400. The van der Waals surface area contributed by atoms with Gasteiger partial charge in [0.15, 0.2) is 0 Å². The quantitative estimate of drug-likeness (QED) is 0.862. The molecule has 0 atom stereocenters. The summed E-state index contributed by atoms with van der Waals surface area (Å²) >= 11 is 0. The van der Waals surface area contributed by atoms with Gasteiger partial charge in [-0.15, -0.1) is 0 Å². The minimum atomic E-state index is -3.14. The zero-order valence-electron chi connectivity index (χ0n) is 12.2. The molecule has 2 rings (SSSR count). The largest absolute Gasteiger partial charge is 0.350 e. The first kappa shape index (κ1) is 15.6. The van der Waals surface area contributed by atoms with Crippen molar-refractivity contribution in [1.82, 2.24) is 5.32 Å². The Morgan fingerprint density at radius 2 is 1.95 bits per heavy atom. The molecular formula is C15H20N2O3S. The molecule has 0 spiro atoms. The van der Waals surface area contributed by atoms with Crippen molar-refractivity contribution < 1.29 is 13.2 Å². The second-order valence-corrected chi connectivity index (χ2v) is 7.34. The van der Waals surface area contributed by atoms with Gasteiger partial charge in [-0.2, -0.15) is 0 Å². The topological polar surface area (TPSA) is 66.5 Å². The van der Waals surface area contributed by atoms with E-state index in [2.05, 4.69) is 5.32 Å². The second-order valence-electron chi connectivity index (χ2n) is 5.33. The highest BCUT2D eigenvalue weighted by Crippen LogP contribution is 2.24. The molecule has 1 aliphatic rings. The summed E-state index contributed by atoms with van der Waals surface area (Å²) in [5, 5.41) is 2.77. The van der Waals surface area contributed by atoms with Crippen LogP contribution in [0.15, 0.2) is 30.3 Å². The highest BCUT2D eigenvalue weighted by atomic mass is 32.2. The normalized spacial score (nSPS) is 17.6. The zero-order valence-corrected chi connectivity index (χ0v) is 13.1. The molecule has 1 heterocycles. The minimum absolute atomic E-state index is 0.102. The van der Waals surface area contributed by atoms with Gasteiger partial charge in [-0.25, -0.2) is 8.42 Å². The molecular weight excluding hydrogens is 288 g/mol. The van der Waals surface area contributed by atoms with Gasteiger partial charge < -0.3 is 5.32 Å². The van der Waals surface area contributed by atoms with Crippen LogP contribution < -0.4 is 9.62 Å². The molecule has 0 aliphatic carbocycles. The number of carbonyl (C=O) groups excluding carboxylic acids is 1. The highest BCUT2D eigenvalue weighted by Gasteiger charge is 2.28. The monoisotopic (exact) mass is 308 g/mol. The van der Waals surface area contributed by atoms with Gasteiger partial charge >= 0.3 is 0 Å². The van der Waals surface area contributed by atoms with E-state index in [9.17, 15) is 13.2 Å². The van der Waals surface area contributed by atoms with Gasteiger partial charge in [-0.05, 0) is 44.0 Å². The summed E-state index contributed by atoms with van der Waals surface area (Å²) in [5.41, 5.74) is 1.53. The summed E-state index contributed by atoms with van der Waals surface area (Å²) in [5.74, 6) is 0.0699. The minimum Gasteiger partial charge on any atom is -0.350 e. The Kier molecular flexibility index (Phi) is 4.67. The zero-order chi connectivity index (χ0) is 15.5. The number of carbonyl (C=O) groups is 1. The van der Waals surface area contributed by atoms with Crippen molar-refractivity contribution in [2.45, 2.75) is 26.3 Å². The van der Waals surface area contributed by atoms with Crippen molar-refractivity contribution in [1.29, 1.82) is 0 Å². The van der Waals surface area contributed by atoms with E-state index < -0.39 is 10.0 Å². The van der Waals surface area contributed by atoms with Crippen molar-refractivity contribution >= 4 is 27.7 Å². The molecule has 21 heavy (non-hydrogen) atoms. The smallest absolute Gasteiger partial charge is 0.244 e. The summed E-state index contributed by atoms with van der Waals surface area (Å²) in [4.78, 5) is 11.5. The third-order valence-electron chi connectivity index (χ3n) is 3.14. The Balaban J connectivity index is 2.06. The summed E-state index contributed by atoms with van der Waals surface area (Å²) in [6.45, 7) is 4.34. The average Bonchev–Trinajstić information content (AvgIpc) is 2.76. The molecule has 5 nitrogen and oxygen atoms in total. The molecule has 1 aliphatic heterocycles. The van der Waals surface area contributed by atoms with E-state index in [4.69, 9.17) is 0 Å². The van der Waals surface area contributed by atoms with E-state index in [1.165, 1.54) is 10.4 Å². The third-order valence-corrected chi connectivity index (χ3v) is 5.01. The van der Waals surface area contributed by atoms with Crippen molar-refractivity contribution in [3.63, 3.8) is 0 Å². The van der Waals surface area contributed by atoms with E-state index in [-0.39, 0.29) is 17.7 Å². The first-order chi connectivity index (χ1) is 9.88. The maximum absolute atomic E-state index is 11.8. The third kappa shape index (κ3) is 4.07. The fourth-order valence-corrected chi connectivity index (χ4v) is 3.75. The number of amides is 1. The molecule has 0 unspecified atom stereocenters. The summed E-state index contributed by atoms with van der Waals surface area (Å²) in [6.07, 6.45) is 3.85. The molecule has 0 aromatic heterocycles. The second kappa shape index (κ2) is 6.30. The Hall–Kier alpha value is -1.82. The number of benzene rings is 1. The predicted molar refractivity (Wildman–Crippen MR) is 84.5 cm³/mol. The van der Waals surface area contributed by atoms with Crippen molar-refractivity contribution in [3.8, 4) is 0 Å². The lowest BCUT2D eigenvalue weighted by molar-refractivity contribution is -0.116. The molecule has 1 aromatic carbocycles. The van der Waals surface area contributed by atoms with E-state index >= 15 is 0 Å². The standard InChI is InChI=1S/C15H20N2O3S/c1-12(2)16-15(18)9-6-13-4-7-14(8-5-13)17-10-3-11-21(17,19)20/h4-9,12H,3,10-11H2,1-2H3,(H,16,18)/b9-6+. The molecule has 6 heteroatoms.